The Hall–Kier alpha value is -3.35. The van der Waals surface area contributed by atoms with E-state index in [0.29, 0.717) is 11.6 Å². The lowest BCUT2D eigenvalue weighted by Gasteiger charge is -2.04. The Bertz CT molecular complexity index is 859. The van der Waals surface area contributed by atoms with Crippen molar-refractivity contribution in [1.29, 1.82) is 0 Å². The number of aromatic nitrogens is 2. The maximum Gasteiger partial charge on any atom is 0.322 e. The second-order valence-electron chi connectivity index (χ2n) is 5.22. The van der Waals surface area contributed by atoms with Gasteiger partial charge in [0.25, 0.3) is 0 Å². The quantitative estimate of drug-likeness (QED) is 0.743. The molecule has 3 rings (SSSR count). The summed E-state index contributed by atoms with van der Waals surface area (Å²) in [6, 6.07) is 14.5. The van der Waals surface area contributed by atoms with Gasteiger partial charge < -0.3 is 13.9 Å². The van der Waals surface area contributed by atoms with Crippen LogP contribution >= 0.6 is 0 Å². The number of methoxy groups -OCH3 is 2. The van der Waals surface area contributed by atoms with Crippen LogP contribution < -0.4 is 14.8 Å². The molecule has 0 aliphatic heterocycles. The van der Waals surface area contributed by atoms with Crippen molar-refractivity contribution in [3.8, 4) is 23.0 Å². The average molecular weight is 339 g/mol. The first-order valence-corrected chi connectivity index (χ1v) is 7.58. The summed E-state index contributed by atoms with van der Waals surface area (Å²) in [6.07, 6.45) is 0.178. The molecule has 7 heteroatoms. The minimum atomic E-state index is -0.252. The third-order valence-corrected chi connectivity index (χ3v) is 3.51. The maximum atomic E-state index is 12.1. The lowest BCUT2D eigenvalue weighted by molar-refractivity contribution is -0.115. The smallest absolute Gasteiger partial charge is 0.322 e. The van der Waals surface area contributed by atoms with Gasteiger partial charge >= 0.3 is 6.01 Å². The summed E-state index contributed by atoms with van der Waals surface area (Å²) in [7, 11) is 3.18. The summed E-state index contributed by atoms with van der Waals surface area (Å²) in [5, 5.41) is 10.4. The number of carbonyl (C=O) groups excluding carboxylic acids is 1. The Kier molecular flexibility index (Phi) is 4.94. The zero-order chi connectivity index (χ0) is 17.6. The Morgan fingerprint density at radius 3 is 2.52 bits per heavy atom. The highest BCUT2D eigenvalue weighted by molar-refractivity contribution is 5.90. The highest BCUT2D eigenvalue weighted by Crippen LogP contribution is 2.22. The van der Waals surface area contributed by atoms with Crippen LogP contribution in [0.25, 0.3) is 11.5 Å². The van der Waals surface area contributed by atoms with Gasteiger partial charge in [-0.15, -0.1) is 5.10 Å². The molecule has 128 valence electrons. The van der Waals surface area contributed by atoms with Gasteiger partial charge in [0.2, 0.25) is 11.8 Å². The Labute approximate surface area is 144 Å². The fourth-order valence-electron chi connectivity index (χ4n) is 2.26. The number of rotatable bonds is 6. The van der Waals surface area contributed by atoms with Crippen molar-refractivity contribution in [2.24, 2.45) is 0 Å². The fraction of sp³-hybridized carbons (Fsp3) is 0.167. The second-order valence-corrected chi connectivity index (χ2v) is 5.22. The van der Waals surface area contributed by atoms with Crippen molar-refractivity contribution in [3.63, 3.8) is 0 Å². The molecule has 0 saturated heterocycles. The molecule has 0 fully saturated rings. The molecule has 0 aliphatic carbocycles. The second kappa shape index (κ2) is 7.48. The molecule has 1 N–H and O–H groups in total. The van der Waals surface area contributed by atoms with E-state index in [1.807, 2.05) is 18.2 Å². The van der Waals surface area contributed by atoms with E-state index < -0.39 is 0 Å². The van der Waals surface area contributed by atoms with Gasteiger partial charge in [-0.2, -0.15) is 0 Å². The summed E-state index contributed by atoms with van der Waals surface area (Å²) >= 11 is 0. The number of amides is 1. The Balaban J connectivity index is 1.64. The molecule has 0 saturated carbocycles. The molecular weight excluding hydrogens is 322 g/mol. The van der Waals surface area contributed by atoms with Crippen molar-refractivity contribution in [1.82, 2.24) is 10.2 Å². The topological polar surface area (TPSA) is 86.5 Å². The van der Waals surface area contributed by atoms with E-state index in [0.717, 1.165) is 16.9 Å². The fourth-order valence-corrected chi connectivity index (χ4v) is 2.26. The van der Waals surface area contributed by atoms with Crippen LogP contribution in [-0.2, 0) is 11.2 Å². The van der Waals surface area contributed by atoms with Gasteiger partial charge in [-0.25, -0.2) is 0 Å². The molecule has 3 aromatic rings. The predicted molar refractivity (Wildman–Crippen MR) is 91.6 cm³/mol. The minimum Gasteiger partial charge on any atom is -0.497 e. The van der Waals surface area contributed by atoms with Crippen LogP contribution in [0.5, 0.6) is 11.5 Å². The number of ether oxygens (including phenoxy) is 2. The number of hydrogen-bond acceptors (Lipinski definition) is 6. The van der Waals surface area contributed by atoms with E-state index >= 15 is 0 Å². The van der Waals surface area contributed by atoms with Crippen molar-refractivity contribution < 1.29 is 18.7 Å². The van der Waals surface area contributed by atoms with Crippen molar-refractivity contribution >= 4 is 11.9 Å². The number of nitrogens with one attached hydrogen (secondary N) is 1. The van der Waals surface area contributed by atoms with E-state index in [4.69, 9.17) is 13.9 Å². The normalized spacial score (nSPS) is 10.3. The van der Waals surface area contributed by atoms with E-state index in [-0.39, 0.29) is 18.3 Å². The predicted octanol–water partition coefficient (Wildman–Crippen LogP) is 2.94. The summed E-state index contributed by atoms with van der Waals surface area (Å²) in [5.41, 5.74) is 1.56. The zero-order valence-electron chi connectivity index (χ0n) is 13.9. The first-order chi connectivity index (χ1) is 12.2. The van der Waals surface area contributed by atoms with Crippen LogP contribution in [0.4, 0.5) is 6.01 Å². The molecule has 0 atom stereocenters. The summed E-state index contributed by atoms with van der Waals surface area (Å²) in [4.78, 5) is 12.1. The molecule has 0 radical (unpaired) electrons. The molecule has 0 bridgehead atoms. The maximum absolute atomic E-state index is 12.1. The molecule has 1 heterocycles. The van der Waals surface area contributed by atoms with Gasteiger partial charge in [-0.05, 0) is 42.0 Å². The van der Waals surface area contributed by atoms with Crippen LogP contribution in [0.15, 0.2) is 52.9 Å². The standard InChI is InChI=1S/C18H17N3O4/c1-23-14-8-6-13(7-9-14)17-20-21-18(25-17)19-16(22)11-12-4-3-5-15(10-12)24-2/h3-10H,11H2,1-2H3,(H,19,21,22). The van der Waals surface area contributed by atoms with Crippen LogP contribution in [0.1, 0.15) is 5.56 Å². The lowest BCUT2D eigenvalue weighted by atomic mass is 10.1. The van der Waals surface area contributed by atoms with E-state index in [2.05, 4.69) is 15.5 Å². The minimum absolute atomic E-state index is 0.0544. The largest absolute Gasteiger partial charge is 0.497 e. The molecule has 0 spiro atoms. The Morgan fingerprint density at radius 2 is 1.80 bits per heavy atom. The van der Waals surface area contributed by atoms with Crippen molar-refractivity contribution in [2.75, 3.05) is 19.5 Å². The molecule has 7 nitrogen and oxygen atoms in total. The first-order valence-electron chi connectivity index (χ1n) is 7.58. The molecule has 0 aliphatic rings. The number of anilines is 1. The van der Waals surface area contributed by atoms with Crippen LogP contribution in [0.3, 0.4) is 0 Å². The SMILES string of the molecule is COc1ccc(-c2nnc(NC(=O)Cc3cccc(OC)c3)o2)cc1. The highest BCUT2D eigenvalue weighted by atomic mass is 16.5. The van der Waals surface area contributed by atoms with Gasteiger partial charge in [-0.3, -0.25) is 10.1 Å². The number of nitrogens with zero attached hydrogens (tertiary/aromatic N) is 2. The van der Waals surface area contributed by atoms with Gasteiger partial charge in [0.05, 0.1) is 20.6 Å². The van der Waals surface area contributed by atoms with E-state index in [1.54, 1.807) is 44.6 Å². The monoisotopic (exact) mass is 339 g/mol. The van der Waals surface area contributed by atoms with Gasteiger partial charge in [-0.1, -0.05) is 17.2 Å². The number of benzene rings is 2. The van der Waals surface area contributed by atoms with E-state index in [1.165, 1.54) is 0 Å². The number of carbonyl (C=O) groups is 1. The number of hydrogen-bond donors (Lipinski definition) is 1. The molecule has 1 amide bonds. The van der Waals surface area contributed by atoms with Gasteiger partial charge in [0.1, 0.15) is 11.5 Å². The van der Waals surface area contributed by atoms with Crippen molar-refractivity contribution in [3.05, 3.63) is 54.1 Å². The molecule has 2 aromatic carbocycles. The summed E-state index contributed by atoms with van der Waals surface area (Å²) in [6.45, 7) is 0. The molecular formula is C18H17N3O4. The van der Waals surface area contributed by atoms with Crippen LogP contribution in [0, 0.1) is 0 Å². The third kappa shape index (κ3) is 4.14. The third-order valence-electron chi connectivity index (χ3n) is 3.51. The molecule has 0 unspecified atom stereocenters. The highest BCUT2D eigenvalue weighted by Gasteiger charge is 2.12. The molecule has 25 heavy (non-hydrogen) atoms. The summed E-state index contributed by atoms with van der Waals surface area (Å²) in [5.74, 6) is 1.50. The van der Waals surface area contributed by atoms with E-state index in [9.17, 15) is 4.79 Å². The molecule has 1 aromatic heterocycles. The van der Waals surface area contributed by atoms with Crippen LogP contribution in [0.2, 0.25) is 0 Å². The average Bonchev–Trinajstić information content (AvgIpc) is 3.10. The lowest BCUT2D eigenvalue weighted by Crippen LogP contribution is -2.14. The zero-order valence-corrected chi connectivity index (χ0v) is 13.9. The summed E-state index contributed by atoms with van der Waals surface area (Å²) < 4.78 is 15.7. The van der Waals surface area contributed by atoms with Gasteiger partial charge in [0.15, 0.2) is 0 Å². The first kappa shape index (κ1) is 16.5. The Morgan fingerprint density at radius 1 is 1.04 bits per heavy atom. The van der Waals surface area contributed by atoms with Gasteiger partial charge in [0, 0.05) is 5.56 Å². The van der Waals surface area contributed by atoms with Crippen LogP contribution in [-0.4, -0.2) is 30.3 Å². The van der Waals surface area contributed by atoms with Crippen molar-refractivity contribution in [2.45, 2.75) is 6.42 Å².